The fourth-order valence-corrected chi connectivity index (χ4v) is 2.65. The molecule has 0 bridgehead atoms. The topological polar surface area (TPSA) is 20.2 Å². The summed E-state index contributed by atoms with van der Waals surface area (Å²) < 4.78 is -0.718. The van der Waals surface area contributed by atoms with Gasteiger partial charge in [0.15, 0.2) is 3.79 Å². The molecule has 1 nitrogen and oxygen atoms in total. The summed E-state index contributed by atoms with van der Waals surface area (Å²) in [6, 6.07) is 7.12. The van der Waals surface area contributed by atoms with Crippen LogP contribution < -0.4 is 0 Å². The van der Waals surface area contributed by atoms with Crippen molar-refractivity contribution in [2.45, 2.75) is 15.8 Å². The third kappa shape index (κ3) is 4.25. The molecule has 1 atom stereocenters. The Morgan fingerprint density at radius 3 is 2.31 bits per heavy atom. The lowest BCUT2D eigenvalue weighted by molar-refractivity contribution is 0.0528. The van der Waals surface area contributed by atoms with Gasteiger partial charge >= 0.3 is 0 Å². The van der Waals surface area contributed by atoms with E-state index < -0.39 is 9.39 Å². The zero-order valence-electron chi connectivity index (χ0n) is 8.06. The highest BCUT2D eigenvalue weighted by Crippen LogP contribution is 2.40. The van der Waals surface area contributed by atoms with E-state index in [1.54, 1.807) is 18.2 Å². The number of hydrogen-bond acceptors (Lipinski definition) is 1. The van der Waals surface area contributed by atoms with E-state index in [4.69, 9.17) is 46.4 Å². The summed E-state index contributed by atoms with van der Waals surface area (Å²) in [5, 5.41) is 10.3. The summed E-state index contributed by atoms with van der Waals surface area (Å²) in [6.07, 6.45) is -0.0649. The molecule has 0 spiro atoms. The first-order chi connectivity index (χ1) is 7.27. The van der Waals surface area contributed by atoms with E-state index in [1.807, 2.05) is 6.07 Å². The molecule has 0 aromatic heterocycles. The number of benzene rings is 1. The van der Waals surface area contributed by atoms with Crippen LogP contribution in [0.2, 0.25) is 0 Å². The van der Waals surface area contributed by atoms with Crippen molar-refractivity contribution >= 4 is 62.3 Å². The van der Waals surface area contributed by atoms with Gasteiger partial charge in [-0.1, -0.05) is 62.9 Å². The Labute approximate surface area is 123 Å². The molecule has 16 heavy (non-hydrogen) atoms. The van der Waals surface area contributed by atoms with E-state index in [0.717, 1.165) is 4.47 Å². The fraction of sp³-hybridized carbons (Fsp3) is 0.400. The Kier molecular flexibility index (Phi) is 5.25. The fourth-order valence-electron chi connectivity index (χ4n) is 1.34. The molecule has 0 saturated heterocycles. The Hall–Kier alpha value is 0.820. The van der Waals surface area contributed by atoms with E-state index in [2.05, 4.69) is 15.9 Å². The Bertz CT molecular complexity index is 366. The van der Waals surface area contributed by atoms with Crippen LogP contribution in [-0.2, 0) is 5.60 Å². The van der Waals surface area contributed by atoms with E-state index in [9.17, 15) is 5.11 Å². The maximum absolute atomic E-state index is 10.3. The number of halogens is 5. The van der Waals surface area contributed by atoms with E-state index in [-0.39, 0.29) is 12.3 Å². The minimum Gasteiger partial charge on any atom is -0.384 e. The Balaban J connectivity index is 3.05. The van der Waals surface area contributed by atoms with Crippen LogP contribution in [0.1, 0.15) is 12.0 Å². The number of alkyl halides is 4. The molecule has 1 N–H and O–H groups in total. The number of aliphatic hydroxyl groups is 1. The first-order valence-corrected chi connectivity index (χ1v) is 6.84. The molecule has 0 aliphatic heterocycles. The summed E-state index contributed by atoms with van der Waals surface area (Å²) in [5.41, 5.74) is -0.737. The molecule has 1 aromatic carbocycles. The van der Waals surface area contributed by atoms with Gasteiger partial charge in [0.05, 0.1) is 5.88 Å². The monoisotopic (exact) mass is 364 g/mol. The van der Waals surface area contributed by atoms with Crippen molar-refractivity contribution in [2.24, 2.45) is 0 Å². The van der Waals surface area contributed by atoms with Crippen molar-refractivity contribution in [3.8, 4) is 0 Å². The SMILES string of the molecule is OC(CCl)(CC(Cl)(Cl)Cl)c1cccc(Br)c1. The normalized spacial score (nSPS) is 15.9. The van der Waals surface area contributed by atoms with Gasteiger partial charge in [-0.3, -0.25) is 0 Å². The highest BCUT2D eigenvalue weighted by Gasteiger charge is 2.37. The van der Waals surface area contributed by atoms with E-state index in [1.165, 1.54) is 0 Å². The largest absolute Gasteiger partial charge is 0.384 e. The molecule has 0 saturated carbocycles. The van der Waals surface area contributed by atoms with Crippen LogP contribution in [0.3, 0.4) is 0 Å². The van der Waals surface area contributed by atoms with Crippen molar-refractivity contribution in [3.63, 3.8) is 0 Å². The predicted octanol–water partition coefficient (Wildman–Crippen LogP) is 4.64. The molecule has 0 aliphatic carbocycles. The zero-order chi connectivity index (χ0) is 12.4. The second-order valence-corrected chi connectivity index (χ2v) is 7.17. The number of rotatable bonds is 3. The number of hydrogen-bond donors (Lipinski definition) is 1. The molecule has 0 heterocycles. The molecule has 0 radical (unpaired) electrons. The molecular weight excluding hydrogens is 358 g/mol. The standard InChI is InChI=1S/C10H9BrCl4O/c11-8-3-1-2-7(4-8)9(16,6-12)5-10(13,14)15/h1-4,16H,5-6H2. The highest BCUT2D eigenvalue weighted by molar-refractivity contribution is 9.10. The van der Waals surface area contributed by atoms with Crippen LogP contribution in [0.15, 0.2) is 28.7 Å². The lowest BCUT2D eigenvalue weighted by Crippen LogP contribution is -2.32. The Morgan fingerprint density at radius 1 is 1.25 bits per heavy atom. The minimum atomic E-state index is -1.55. The van der Waals surface area contributed by atoms with Crippen LogP contribution in [0, 0.1) is 0 Å². The van der Waals surface area contributed by atoms with Gasteiger partial charge in [0, 0.05) is 10.9 Å². The van der Waals surface area contributed by atoms with Gasteiger partial charge < -0.3 is 5.11 Å². The quantitative estimate of drug-likeness (QED) is 0.773. The van der Waals surface area contributed by atoms with Gasteiger partial charge in [-0.2, -0.15) is 0 Å². The lowest BCUT2D eigenvalue weighted by Gasteiger charge is -2.29. The summed E-state index contributed by atoms with van der Waals surface area (Å²) in [6.45, 7) is 0. The van der Waals surface area contributed by atoms with Gasteiger partial charge in [0.25, 0.3) is 0 Å². The first-order valence-electron chi connectivity index (χ1n) is 4.38. The summed E-state index contributed by atoms with van der Waals surface area (Å²) in [7, 11) is 0. The summed E-state index contributed by atoms with van der Waals surface area (Å²) in [5.74, 6) is -0.0443. The van der Waals surface area contributed by atoms with Gasteiger partial charge in [0.2, 0.25) is 0 Å². The average molecular weight is 367 g/mol. The van der Waals surface area contributed by atoms with E-state index in [0.29, 0.717) is 5.56 Å². The molecule has 0 amide bonds. The maximum Gasteiger partial charge on any atom is 0.193 e. The van der Waals surface area contributed by atoms with Crippen LogP contribution in [0.4, 0.5) is 0 Å². The third-order valence-corrected chi connectivity index (χ3v) is 3.41. The molecule has 1 rings (SSSR count). The minimum absolute atomic E-state index is 0.0443. The molecular formula is C10H9BrCl4O. The molecule has 1 unspecified atom stereocenters. The summed E-state index contributed by atoms with van der Waals surface area (Å²) in [4.78, 5) is 0. The maximum atomic E-state index is 10.3. The Morgan fingerprint density at radius 2 is 1.88 bits per heavy atom. The zero-order valence-corrected chi connectivity index (χ0v) is 12.7. The van der Waals surface area contributed by atoms with Gasteiger partial charge in [-0.05, 0) is 17.7 Å². The van der Waals surface area contributed by atoms with Crippen molar-refractivity contribution in [2.75, 3.05) is 5.88 Å². The second-order valence-electron chi connectivity index (χ2n) is 3.47. The predicted molar refractivity (Wildman–Crippen MR) is 73.7 cm³/mol. The third-order valence-electron chi connectivity index (χ3n) is 2.08. The summed E-state index contributed by atoms with van der Waals surface area (Å²) >= 11 is 26.1. The van der Waals surface area contributed by atoms with Crippen LogP contribution in [-0.4, -0.2) is 14.8 Å². The van der Waals surface area contributed by atoms with Crippen molar-refractivity contribution in [1.29, 1.82) is 0 Å². The lowest BCUT2D eigenvalue weighted by atomic mass is 9.93. The molecule has 0 fully saturated rings. The molecule has 6 heteroatoms. The van der Waals surface area contributed by atoms with Crippen LogP contribution in [0.25, 0.3) is 0 Å². The second kappa shape index (κ2) is 5.64. The van der Waals surface area contributed by atoms with Crippen molar-refractivity contribution in [3.05, 3.63) is 34.3 Å². The van der Waals surface area contributed by atoms with Crippen LogP contribution in [0.5, 0.6) is 0 Å². The average Bonchev–Trinajstić information content (AvgIpc) is 2.15. The van der Waals surface area contributed by atoms with Gasteiger partial charge in [-0.25, -0.2) is 0 Å². The molecule has 90 valence electrons. The highest BCUT2D eigenvalue weighted by atomic mass is 79.9. The molecule has 1 aromatic rings. The van der Waals surface area contributed by atoms with Crippen molar-refractivity contribution in [1.82, 2.24) is 0 Å². The smallest absolute Gasteiger partial charge is 0.193 e. The van der Waals surface area contributed by atoms with Crippen LogP contribution >= 0.6 is 62.3 Å². The van der Waals surface area contributed by atoms with Gasteiger partial charge in [-0.15, -0.1) is 11.6 Å². The van der Waals surface area contributed by atoms with Crippen molar-refractivity contribution < 1.29 is 5.11 Å². The molecule has 0 aliphatic rings. The van der Waals surface area contributed by atoms with E-state index >= 15 is 0 Å². The first kappa shape index (κ1) is 14.9. The van der Waals surface area contributed by atoms with Gasteiger partial charge in [0.1, 0.15) is 5.60 Å².